The summed E-state index contributed by atoms with van der Waals surface area (Å²) in [6.45, 7) is 14.3. The predicted molar refractivity (Wildman–Crippen MR) is 110 cm³/mol. The van der Waals surface area contributed by atoms with Crippen molar-refractivity contribution in [1.82, 2.24) is 30.0 Å². The maximum absolute atomic E-state index is 5.51. The zero-order chi connectivity index (χ0) is 20.2. The van der Waals surface area contributed by atoms with Crippen molar-refractivity contribution in [2.24, 2.45) is 5.92 Å². The lowest BCUT2D eigenvalue weighted by Crippen LogP contribution is -2.48. The lowest BCUT2D eigenvalue weighted by molar-refractivity contribution is 0.0865. The summed E-state index contributed by atoms with van der Waals surface area (Å²) in [5.41, 5.74) is 1.10. The van der Waals surface area contributed by atoms with Crippen LogP contribution in [0.25, 0.3) is 0 Å². The number of rotatable bonds is 8. The highest BCUT2D eigenvalue weighted by atomic mass is 16.7. The van der Waals surface area contributed by atoms with Gasteiger partial charge in [-0.05, 0) is 40.5 Å². The van der Waals surface area contributed by atoms with E-state index in [-0.39, 0.29) is 12.8 Å². The van der Waals surface area contributed by atoms with E-state index in [1.165, 1.54) is 0 Å². The van der Waals surface area contributed by atoms with Crippen LogP contribution < -0.4 is 9.47 Å². The number of ether oxygens (including phenoxy) is 2. The molecule has 0 saturated carbocycles. The Morgan fingerprint density at radius 3 is 2.69 bits per heavy atom. The van der Waals surface area contributed by atoms with Crippen molar-refractivity contribution in [3.8, 4) is 11.5 Å². The van der Waals surface area contributed by atoms with Crippen molar-refractivity contribution in [2.75, 3.05) is 39.5 Å². The van der Waals surface area contributed by atoms with Gasteiger partial charge in [0.1, 0.15) is 0 Å². The van der Waals surface area contributed by atoms with E-state index in [9.17, 15) is 0 Å². The summed E-state index contributed by atoms with van der Waals surface area (Å²) in [7, 11) is 0. The van der Waals surface area contributed by atoms with Crippen molar-refractivity contribution in [3.05, 3.63) is 42.2 Å². The molecule has 0 bridgehead atoms. The highest BCUT2D eigenvalue weighted by Gasteiger charge is 2.29. The Morgan fingerprint density at radius 2 is 1.93 bits per heavy atom. The van der Waals surface area contributed by atoms with Crippen LogP contribution in [-0.4, -0.2) is 69.5 Å². The molecule has 0 aliphatic carbocycles. The van der Waals surface area contributed by atoms with Crippen molar-refractivity contribution in [1.29, 1.82) is 0 Å². The van der Waals surface area contributed by atoms with Gasteiger partial charge in [0.05, 0.1) is 12.6 Å². The van der Waals surface area contributed by atoms with E-state index in [2.05, 4.69) is 45.8 Å². The molecule has 1 fully saturated rings. The molecule has 1 aromatic heterocycles. The molecule has 3 heterocycles. The van der Waals surface area contributed by atoms with Crippen LogP contribution >= 0.6 is 0 Å². The van der Waals surface area contributed by atoms with Crippen LogP contribution in [0.15, 0.2) is 30.9 Å². The van der Waals surface area contributed by atoms with Crippen LogP contribution in [0.5, 0.6) is 11.5 Å². The minimum atomic E-state index is 0.213. The molecule has 2 aliphatic heterocycles. The summed E-state index contributed by atoms with van der Waals surface area (Å²) < 4.78 is 12.9. The Hall–Kier alpha value is -2.45. The summed E-state index contributed by atoms with van der Waals surface area (Å²) in [6.07, 6.45) is 3.01. The van der Waals surface area contributed by atoms with Crippen LogP contribution in [0.3, 0.4) is 0 Å². The van der Waals surface area contributed by atoms with Crippen molar-refractivity contribution >= 4 is 0 Å². The summed E-state index contributed by atoms with van der Waals surface area (Å²) in [5, 5.41) is 12.8. The molecule has 1 aromatic carbocycles. The highest BCUT2D eigenvalue weighted by molar-refractivity contribution is 5.44. The summed E-state index contributed by atoms with van der Waals surface area (Å²) in [5.74, 6) is 3.07. The third-order valence-corrected chi connectivity index (χ3v) is 5.56. The molecule has 0 N–H and O–H groups in total. The van der Waals surface area contributed by atoms with Crippen LogP contribution in [0.4, 0.5) is 0 Å². The van der Waals surface area contributed by atoms with Gasteiger partial charge < -0.3 is 9.47 Å². The number of nitrogens with zero attached hydrogens (tertiary/aromatic N) is 6. The molecule has 0 amide bonds. The summed E-state index contributed by atoms with van der Waals surface area (Å²) >= 11 is 0. The molecule has 1 atom stereocenters. The highest BCUT2D eigenvalue weighted by Crippen LogP contribution is 2.33. The zero-order valence-electron chi connectivity index (χ0n) is 17.3. The van der Waals surface area contributed by atoms with E-state index in [0.717, 1.165) is 62.0 Å². The van der Waals surface area contributed by atoms with Gasteiger partial charge in [-0.15, -0.1) is 11.7 Å². The molecular weight excluding hydrogens is 368 g/mol. The standard InChI is InChI=1S/C21H30N6O2/c1-4-7-25-8-10-26(11-9-25)18(12-16(2)3)21-22-23-24-27(21)14-17-5-6-19-20(13-17)29-15-28-19/h4-6,13,16,18H,1,7-12,14-15H2,2-3H3. The number of aromatic nitrogens is 4. The molecule has 8 nitrogen and oxygen atoms in total. The first-order valence-electron chi connectivity index (χ1n) is 10.4. The van der Waals surface area contributed by atoms with Crippen molar-refractivity contribution < 1.29 is 9.47 Å². The molecule has 1 saturated heterocycles. The first kappa shape index (κ1) is 19.8. The number of fused-ring (bicyclic) bond motifs is 1. The van der Waals surface area contributed by atoms with Crippen molar-refractivity contribution in [2.45, 2.75) is 32.9 Å². The second-order valence-corrected chi connectivity index (χ2v) is 8.15. The van der Waals surface area contributed by atoms with Gasteiger partial charge in [0.15, 0.2) is 17.3 Å². The first-order valence-corrected chi connectivity index (χ1v) is 10.4. The largest absolute Gasteiger partial charge is 0.454 e. The van der Waals surface area contributed by atoms with E-state index in [0.29, 0.717) is 12.5 Å². The zero-order valence-corrected chi connectivity index (χ0v) is 17.3. The van der Waals surface area contributed by atoms with Gasteiger partial charge in [-0.3, -0.25) is 9.80 Å². The number of hydrogen-bond acceptors (Lipinski definition) is 7. The normalized spacial score (nSPS) is 18.3. The Bertz CT molecular complexity index is 828. The third kappa shape index (κ3) is 4.59. The molecule has 1 unspecified atom stereocenters. The number of hydrogen-bond donors (Lipinski definition) is 0. The molecule has 29 heavy (non-hydrogen) atoms. The van der Waals surface area contributed by atoms with Crippen LogP contribution in [0.1, 0.15) is 37.7 Å². The quantitative estimate of drug-likeness (QED) is 0.632. The number of tetrazole rings is 1. The van der Waals surface area contributed by atoms with Crippen LogP contribution in [0, 0.1) is 5.92 Å². The lowest BCUT2D eigenvalue weighted by atomic mass is 10.0. The van der Waals surface area contributed by atoms with Gasteiger partial charge in [-0.1, -0.05) is 26.0 Å². The summed E-state index contributed by atoms with van der Waals surface area (Å²) in [6, 6.07) is 6.22. The maximum Gasteiger partial charge on any atom is 0.231 e. The third-order valence-electron chi connectivity index (χ3n) is 5.56. The van der Waals surface area contributed by atoms with E-state index < -0.39 is 0 Å². The van der Waals surface area contributed by atoms with Gasteiger partial charge in [-0.2, -0.15) is 0 Å². The molecule has 0 spiro atoms. The molecule has 8 heteroatoms. The number of piperazine rings is 1. The summed E-state index contributed by atoms with van der Waals surface area (Å²) in [4.78, 5) is 4.97. The van der Waals surface area contributed by atoms with Gasteiger partial charge >= 0.3 is 0 Å². The van der Waals surface area contributed by atoms with E-state index >= 15 is 0 Å². The van der Waals surface area contributed by atoms with Crippen LogP contribution in [-0.2, 0) is 6.54 Å². The fraction of sp³-hybridized carbons (Fsp3) is 0.571. The average molecular weight is 399 g/mol. The minimum Gasteiger partial charge on any atom is -0.454 e. The molecular formula is C21H30N6O2. The Labute approximate surface area is 172 Å². The van der Waals surface area contributed by atoms with E-state index in [1.807, 2.05) is 29.0 Å². The second kappa shape index (κ2) is 8.92. The predicted octanol–water partition coefficient (Wildman–Crippen LogP) is 2.34. The fourth-order valence-corrected chi connectivity index (χ4v) is 4.08. The Kier molecular flexibility index (Phi) is 6.10. The van der Waals surface area contributed by atoms with E-state index in [1.54, 1.807) is 0 Å². The maximum atomic E-state index is 5.51. The fourth-order valence-electron chi connectivity index (χ4n) is 4.08. The van der Waals surface area contributed by atoms with Crippen molar-refractivity contribution in [3.63, 3.8) is 0 Å². The second-order valence-electron chi connectivity index (χ2n) is 8.15. The Balaban J connectivity index is 1.52. The van der Waals surface area contributed by atoms with Crippen LogP contribution in [0.2, 0.25) is 0 Å². The van der Waals surface area contributed by atoms with E-state index in [4.69, 9.17) is 9.47 Å². The smallest absolute Gasteiger partial charge is 0.231 e. The first-order chi connectivity index (χ1) is 14.1. The topological polar surface area (TPSA) is 68.5 Å². The molecule has 2 aromatic rings. The van der Waals surface area contributed by atoms with Gasteiger partial charge in [-0.25, -0.2) is 4.68 Å². The molecule has 0 radical (unpaired) electrons. The number of benzene rings is 1. The SMILES string of the molecule is C=CCN1CCN(C(CC(C)C)c2nnnn2Cc2ccc3c(c2)OCO3)CC1. The molecule has 156 valence electrons. The molecule has 4 rings (SSSR count). The minimum absolute atomic E-state index is 0.213. The molecule has 2 aliphatic rings. The average Bonchev–Trinajstić information content (AvgIpc) is 3.36. The monoisotopic (exact) mass is 398 g/mol. The lowest BCUT2D eigenvalue weighted by Gasteiger charge is -2.39. The Morgan fingerprint density at radius 1 is 1.14 bits per heavy atom. The van der Waals surface area contributed by atoms with Gasteiger partial charge in [0.2, 0.25) is 6.79 Å². The van der Waals surface area contributed by atoms with Gasteiger partial charge in [0, 0.05) is 32.7 Å². The van der Waals surface area contributed by atoms with Gasteiger partial charge in [0.25, 0.3) is 0 Å².